The minimum absolute atomic E-state index is 0.188. The first-order chi connectivity index (χ1) is 14.3. The van der Waals surface area contributed by atoms with Crippen molar-refractivity contribution in [3.05, 3.63) is 83.5 Å². The van der Waals surface area contributed by atoms with Crippen molar-refractivity contribution in [2.75, 3.05) is 12.8 Å². The van der Waals surface area contributed by atoms with E-state index in [0.717, 1.165) is 4.90 Å². The first-order valence-corrected chi connectivity index (χ1v) is 9.23. The number of methoxy groups -OCH3 is 1. The molecule has 2 atom stereocenters. The molecule has 8 heteroatoms. The fourth-order valence-electron chi connectivity index (χ4n) is 3.60. The second-order valence-corrected chi connectivity index (χ2v) is 7.06. The van der Waals surface area contributed by atoms with Crippen molar-refractivity contribution < 1.29 is 19.1 Å². The van der Waals surface area contributed by atoms with Gasteiger partial charge in [-0.05, 0) is 48.5 Å². The molecule has 4 rings (SSSR count). The largest absolute Gasteiger partial charge is 0.497 e. The van der Waals surface area contributed by atoms with Gasteiger partial charge < -0.3 is 21.5 Å². The van der Waals surface area contributed by atoms with Gasteiger partial charge in [-0.3, -0.25) is 14.4 Å². The second kappa shape index (κ2) is 7.16. The van der Waals surface area contributed by atoms with Gasteiger partial charge in [0.15, 0.2) is 0 Å². The molecule has 5 N–H and O–H groups in total. The third-order valence-electron chi connectivity index (χ3n) is 5.21. The van der Waals surface area contributed by atoms with Crippen LogP contribution in [-0.4, -0.2) is 41.4 Å². The maximum absolute atomic E-state index is 13.0. The molecule has 30 heavy (non-hydrogen) atoms. The Hall–Kier alpha value is -3.91. The van der Waals surface area contributed by atoms with Crippen molar-refractivity contribution in [1.29, 1.82) is 0 Å². The number of benzene rings is 2. The van der Waals surface area contributed by atoms with Crippen LogP contribution < -0.4 is 21.5 Å². The van der Waals surface area contributed by atoms with Crippen LogP contribution in [0, 0.1) is 0 Å². The van der Waals surface area contributed by atoms with Crippen LogP contribution in [-0.2, 0) is 0 Å². The smallest absolute Gasteiger partial charge is 0.263 e. The zero-order chi connectivity index (χ0) is 21.5. The molecule has 1 aliphatic heterocycles. The van der Waals surface area contributed by atoms with Crippen LogP contribution >= 0.6 is 0 Å². The van der Waals surface area contributed by atoms with Gasteiger partial charge in [0, 0.05) is 11.3 Å². The van der Waals surface area contributed by atoms with Crippen LogP contribution in [0.1, 0.15) is 31.1 Å². The van der Waals surface area contributed by atoms with Crippen LogP contribution in [0.2, 0.25) is 0 Å². The molecule has 0 spiro atoms. The Morgan fingerprint density at radius 3 is 2.47 bits per heavy atom. The zero-order valence-electron chi connectivity index (χ0n) is 16.2. The van der Waals surface area contributed by atoms with Gasteiger partial charge in [-0.2, -0.15) is 0 Å². The summed E-state index contributed by atoms with van der Waals surface area (Å²) in [5, 5.41) is 2.81. The first-order valence-electron chi connectivity index (χ1n) is 9.23. The highest BCUT2D eigenvalue weighted by molar-refractivity contribution is 6.22. The van der Waals surface area contributed by atoms with E-state index in [4.69, 9.17) is 16.2 Å². The van der Waals surface area contributed by atoms with Gasteiger partial charge in [0.2, 0.25) is 0 Å². The van der Waals surface area contributed by atoms with E-state index in [0.29, 0.717) is 17.0 Å². The minimum Gasteiger partial charge on any atom is -0.497 e. The number of anilines is 1. The Morgan fingerprint density at radius 1 is 1.07 bits per heavy atom. The van der Waals surface area contributed by atoms with Crippen molar-refractivity contribution in [2.24, 2.45) is 5.73 Å². The maximum Gasteiger partial charge on any atom is 0.263 e. The van der Waals surface area contributed by atoms with Crippen molar-refractivity contribution >= 4 is 23.4 Å². The van der Waals surface area contributed by atoms with E-state index in [1.54, 1.807) is 48.6 Å². The molecule has 0 bridgehead atoms. The number of ether oxygens (including phenoxy) is 1. The molecule has 3 amide bonds. The number of nitrogens with two attached hydrogens (primary N) is 2. The summed E-state index contributed by atoms with van der Waals surface area (Å²) in [6, 6.07) is 10.2. The third kappa shape index (κ3) is 3.03. The standard InChI is InChI=1S/C22H20N4O4/c1-30-15-8-5-13(6-9-15)19(27)25-18-4-2-3-11-22(18,24)26-20(28)16-10-7-14(23)12-17(16)21(26)29/h2-12,18H,23-24H2,1H3,(H,25,27). The fraction of sp³-hybridized carbons (Fsp3) is 0.136. The van der Waals surface area contributed by atoms with E-state index in [9.17, 15) is 14.4 Å². The number of hydrogen-bond acceptors (Lipinski definition) is 6. The molecule has 2 aromatic rings. The number of carbonyl (C=O) groups is 3. The lowest BCUT2D eigenvalue weighted by atomic mass is 9.93. The quantitative estimate of drug-likeness (QED) is 0.523. The summed E-state index contributed by atoms with van der Waals surface area (Å²) in [4.78, 5) is 39.8. The summed E-state index contributed by atoms with van der Waals surface area (Å²) in [5.41, 5.74) is 11.9. The molecule has 152 valence electrons. The van der Waals surface area contributed by atoms with E-state index in [1.165, 1.54) is 25.3 Å². The molecule has 2 aliphatic rings. The molecule has 1 heterocycles. The van der Waals surface area contributed by atoms with Gasteiger partial charge in [0.1, 0.15) is 11.4 Å². The number of rotatable bonds is 4. The monoisotopic (exact) mass is 404 g/mol. The third-order valence-corrected chi connectivity index (χ3v) is 5.21. The van der Waals surface area contributed by atoms with Crippen LogP contribution in [0.5, 0.6) is 5.75 Å². The topological polar surface area (TPSA) is 128 Å². The Labute approximate surface area is 172 Å². The van der Waals surface area contributed by atoms with Gasteiger partial charge in [-0.1, -0.05) is 18.2 Å². The molecule has 0 saturated heterocycles. The number of carbonyl (C=O) groups excluding carboxylic acids is 3. The lowest BCUT2D eigenvalue weighted by Crippen LogP contribution is -2.68. The molecular formula is C22H20N4O4. The van der Waals surface area contributed by atoms with Crippen molar-refractivity contribution in [1.82, 2.24) is 10.2 Å². The number of fused-ring (bicyclic) bond motifs is 1. The summed E-state index contributed by atoms with van der Waals surface area (Å²) in [6.07, 6.45) is 6.49. The van der Waals surface area contributed by atoms with Crippen molar-refractivity contribution in [3.63, 3.8) is 0 Å². The highest BCUT2D eigenvalue weighted by atomic mass is 16.5. The van der Waals surface area contributed by atoms with Gasteiger partial charge in [0.05, 0.1) is 24.3 Å². The van der Waals surface area contributed by atoms with Gasteiger partial charge in [0.25, 0.3) is 17.7 Å². The van der Waals surface area contributed by atoms with E-state index in [-0.39, 0.29) is 11.1 Å². The molecule has 2 aromatic carbocycles. The molecule has 2 unspecified atom stereocenters. The van der Waals surface area contributed by atoms with Crippen LogP contribution in [0.25, 0.3) is 0 Å². The number of nitrogen functional groups attached to an aromatic ring is 1. The Balaban J connectivity index is 1.64. The zero-order valence-corrected chi connectivity index (χ0v) is 16.2. The summed E-state index contributed by atoms with van der Waals surface area (Å²) < 4.78 is 5.10. The average Bonchev–Trinajstić information content (AvgIpc) is 2.99. The number of nitrogens with zero attached hydrogens (tertiary/aromatic N) is 1. The average molecular weight is 404 g/mol. The first kappa shape index (κ1) is 19.4. The van der Waals surface area contributed by atoms with E-state index < -0.39 is 29.4 Å². The number of nitrogens with one attached hydrogen (secondary N) is 1. The summed E-state index contributed by atoms with van der Waals surface area (Å²) in [7, 11) is 1.53. The van der Waals surface area contributed by atoms with Crippen LogP contribution in [0.4, 0.5) is 5.69 Å². The normalized spacial score (nSPS) is 22.2. The summed E-state index contributed by atoms with van der Waals surface area (Å²) in [6.45, 7) is 0. The Kier molecular flexibility index (Phi) is 4.63. The number of allylic oxidation sites excluding steroid dienone is 2. The van der Waals surface area contributed by atoms with Crippen molar-refractivity contribution in [2.45, 2.75) is 11.7 Å². The summed E-state index contributed by atoms with van der Waals surface area (Å²) >= 11 is 0. The maximum atomic E-state index is 13.0. The Morgan fingerprint density at radius 2 is 1.77 bits per heavy atom. The SMILES string of the molecule is COc1ccc(C(=O)NC2C=CC=CC2(N)N2C(=O)c3ccc(N)cc3C2=O)cc1. The number of hydrogen-bond donors (Lipinski definition) is 3. The van der Waals surface area contributed by atoms with Crippen molar-refractivity contribution in [3.8, 4) is 5.75 Å². The predicted octanol–water partition coefficient (Wildman–Crippen LogP) is 1.45. The molecular weight excluding hydrogens is 384 g/mol. The van der Waals surface area contributed by atoms with Crippen LogP contribution in [0.15, 0.2) is 66.8 Å². The highest BCUT2D eigenvalue weighted by Crippen LogP contribution is 2.32. The van der Waals surface area contributed by atoms with Crippen LogP contribution in [0.3, 0.4) is 0 Å². The van der Waals surface area contributed by atoms with Gasteiger partial charge >= 0.3 is 0 Å². The van der Waals surface area contributed by atoms with E-state index >= 15 is 0 Å². The Bertz CT molecular complexity index is 1110. The molecule has 0 aromatic heterocycles. The molecule has 0 radical (unpaired) electrons. The molecule has 1 aliphatic carbocycles. The lowest BCUT2D eigenvalue weighted by molar-refractivity contribution is 0.0456. The predicted molar refractivity (Wildman–Crippen MR) is 111 cm³/mol. The molecule has 0 saturated carbocycles. The molecule has 8 nitrogen and oxygen atoms in total. The summed E-state index contributed by atoms with van der Waals surface area (Å²) in [5.74, 6) is -0.890. The van der Waals surface area contributed by atoms with E-state index in [1.807, 2.05) is 0 Å². The second-order valence-electron chi connectivity index (χ2n) is 7.06. The van der Waals surface area contributed by atoms with Gasteiger partial charge in [-0.25, -0.2) is 4.90 Å². The number of amides is 3. The fourth-order valence-corrected chi connectivity index (χ4v) is 3.60. The lowest BCUT2D eigenvalue weighted by Gasteiger charge is -2.41. The van der Waals surface area contributed by atoms with E-state index in [2.05, 4.69) is 5.32 Å². The van der Waals surface area contributed by atoms with Gasteiger partial charge in [-0.15, -0.1) is 0 Å². The highest BCUT2D eigenvalue weighted by Gasteiger charge is 2.50. The number of imide groups is 1. The molecule has 0 fully saturated rings. The minimum atomic E-state index is -1.58.